The second-order valence-electron chi connectivity index (χ2n) is 3.92. The lowest BCUT2D eigenvalue weighted by Gasteiger charge is -2.32. The van der Waals surface area contributed by atoms with Crippen LogP contribution in [0.3, 0.4) is 0 Å². The number of hydrogen-bond acceptors (Lipinski definition) is 4. The molecule has 2 heterocycles. The first-order chi connectivity index (χ1) is 6.55. The predicted octanol–water partition coefficient (Wildman–Crippen LogP) is -1.04. The smallest absolute Gasteiger partial charge is 0.211 e. The normalized spacial score (nSPS) is 30.5. The van der Waals surface area contributed by atoms with Gasteiger partial charge in [0.2, 0.25) is 10.0 Å². The van der Waals surface area contributed by atoms with Gasteiger partial charge in [0.15, 0.2) is 0 Å². The molecular formula is C8H16N2O3S. The standard InChI is InChI=1S/C8H16N2O3S/c1-14(11,12)10-4-2-9(3-5-10)6-8-7-13-8/h8H,2-7H2,1H3. The number of ether oxygens (including phenoxy) is 1. The molecular weight excluding hydrogens is 204 g/mol. The zero-order chi connectivity index (χ0) is 10.2. The third-order valence-corrected chi connectivity index (χ3v) is 3.97. The fourth-order valence-electron chi connectivity index (χ4n) is 1.71. The van der Waals surface area contributed by atoms with Crippen LogP contribution in [0.1, 0.15) is 0 Å². The van der Waals surface area contributed by atoms with E-state index in [0.29, 0.717) is 19.2 Å². The Kier molecular flexibility index (Phi) is 2.79. The van der Waals surface area contributed by atoms with Gasteiger partial charge in [0.25, 0.3) is 0 Å². The summed E-state index contributed by atoms with van der Waals surface area (Å²) in [7, 11) is -2.99. The first-order valence-corrected chi connectivity index (χ1v) is 6.69. The highest BCUT2D eigenvalue weighted by atomic mass is 32.2. The Morgan fingerprint density at radius 2 is 1.86 bits per heavy atom. The molecule has 82 valence electrons. The summed E-state index contributed by atoms with van der Waals surface area (Å²) in [5, 5.41) is 0. The number of rotatable bonds is 3. The summed E-state index contributed by atoms with van der Waals surface area (Å²) in [6.45, 7) is 4.71. The highest BCUT2D eigenvalue weighted by Crippen LogP contribution is 2.13. The van der Waals surface area contributed by atoms with Crippen molar-refractivity contribution < 1.29 is 13.2 Å². The fraction of sp³-hybridized carbons (Fsp3) is 1.00. The van der Waals surface area contributed by atoms with Crippen molar-refractivity contribution >= 4 is 10.0 Å². The average Bonchev–Trinajstić information content (AvgIpc) is 2.88. The lowest BCUT2D eigenvalue weighted by Crippen LogP contribution is -2.49. The van der Waals surface area contributed by atoms with Crippen molar-refractivity contribution in [2.45, 2.75) is 6.10 Å². The van der Waals surface area contributed by atoms with Crippen LogP contribution in [0.5, 0.6) is 0 Å². The molecule has 0 spiro atoms. The topological polar surface area (TPSA) is 53.2 Å². The van der Waals surface area contributed by atoms with Gasteiger partial charge in [0, 0.05) is 32.7 Å². The Hall–Kier alpha value is -0.170. The molecule has 0 aliphatic carbocycles. The van der Waals surface area contributed by atoms with Crippen molar-refractivity contribution in [1.82, 2.24) is 9.21 Å². The quantitative estimate of drug-likeness (QED) is 0.570. The Balaban J connectivity index is 1.79. The third-order valence-electron chi connectivity index (χ3n) is 2.66. The summed E-state index contributed by atoms with van der Waals surface area (Å²) in [5.74, 6) is 0. The highest BCUT2D eigenvalue weighted by molar-refractivity contribution is 7.88. The molecule has 2 saturated heterocycles. The molecule has 14 heavy (non-hydrogen) atoms. The maximum atomic E-state index is 11.2. The van der Waals surface area contributed by atoms with E-state index in [1.54, 1.807) is 0 Å². The SMILES string of the molecule is CS(=O)(=O)N1CCN(CC2CO2)CC1. The van der Waals surface area contributed by atoms with Crippen LogP contribution in [0.25, 0.3) is 0 Å². The van der Waals surface area contributed by atoms with Gasteiger partial charge in [0.05, 0.1) is 19.0 Å². The van der Waals surface area contributed by atoms with Crippen LogP contribution in [0, 0.1) is 0 Å². The lowest BCUT2D eigenvalue weighted by atomic mass is 10.3. The number of hydrogen-bond donors (Lipinski definition) is 0. The van der Waals surface area contributed by atoms with Gasteiger partial charge < -0.3 is 4.74 Å². The molecule has 0 amide bonds. The van der Waals surface area contributed by atoms with Crippen LogP contribution in [0.15, 0.2) is 0 Å². The zero-order valence-electron chi connectivity index (χ0n) is 8.35. The Bertz CT molecular complexity index is 292. The highest BCUT2D eigenvalue weighted by Gasteiger charge is 2.29. The first kappa shape index (κ1) is 10.4. The Morgan fingerprint density at radius 1 is 1.29 bits per heavy atom. The van der Waals surface area contributed by atoms with E-state index in [0.717, 1.165) is 26.2 Å². The molecule has 6 heteroatoms. The van der Waals surface area contributed by atoms with Gasteiger partial charge in [-0.2, -0.15) is 4.31 Å². The van der Waals surface area contributed by atoms with E-state index in [4.69, 9.17) is 4.74 Å². The van der Waals surface area contributed by atoms with Gasteiger partial charge >= 0.3 is 0 Å². The van der Waals surface area contributed by atoms with Crippen molar-refractivity contribution in [1.29, 1.82) is 0 Å². The molecule has 0 aromatic rings. The maximum Gasteiger partial charge on any atom is 0.211 e. The summed E-state index contributed by atoms with van der Waals surface area (Å²) in [6.07, 6.45) is 1.67. The number of sulfonamides is 1. The molecule has 0 saturated carbocycles. The van der Waals surface area contributed by atoms with Crippen LogP contribution in [-0.4, -0.2) is 69.3 Å². The van der Waals surface area contributed by atoms with E-state index in [9.17, 15) is 8.42 Å². The predicted molar refractivity (Wildman–Crippen MR) is 52.6 cm³/mol. The molecule has 0 N–H and O–H groups in total. The first-order valence-electron chi connectivity index (χ1n) is 4.85. The minimum absolute atomic E-state index is 0.403. The van der Waals surface area contributed by atoms with Crippen LogP contribution in [-0.2, 0) is 14.8 Å². The van der Waals surface area contributed by atoms with Crippen molar-refractivity contribution in [3.05, 3.63) is 0 Å². The van der Waals surface area contributed by atoms with Crippen molar-refractivity contribution in [3.8, 4) is 0 Å². The van der Waals surface area contributed by atoms with E-state index < -0.39 is 10.0 Å². The van der Waals surface area contributed by atoms with E-state index in [1.807, 2.05) is 0 Å². The molecule has 2 fully saturated rings. The number of nitrogens with zero attached hydrogens (tertiary/aromatic N) is 2. The molecule has 1 atom stereocenters. The van der Waals surface area contributed by atoms with Crippen LogP contribution >= 0.6 is 0 Å². The molecule has 5 nitrogen and oxygen atoms in total. The molecule has 0 bridgehead atoms. The summed E-state index contributed by atoms with van der Waals surface area (Å²) < 4.78 is 29.1. The zero-order valence-corrected chi connectivity index (χ0v) is 9.16. The number of piperazine rings is 1. The van der Waals surface area contributed by atoms with Gasteiger partial charge in [-0.15, -0.1) is 0 Å². The van der Waals surface area contributed by atoms with E-state index in [2.05, 4.69) is 4.90 Å². The lowest BCUT2D eigenvalue weighted by molar-refractivity contribution is 0.175. The minimum atomic E-state index is -2.99. The van der Waals surface area contributed by atoms with Gasteiger partial charge in [-0.1, -0.05) is 0 Å². The van der Waals surface area contributed by atoms with Crippen LogP contribution in [0.4, 0.5) is 0 Å². The summed E-state index contributed by atoms with van der Waals surface area (Å²) in [5.41, 5.74) is 0. The Morgan fingerprint density at radius 3 is 2.29 bits per heavy atom. The second kappa shape index (κ2) is 3.77. The van der Waals surface area contributed by atoms with Crippen molar-refractivity contribution in [2.24, 2.45) is 0 Å². The molecule has 1 unspecified atom stereocenters. The summed E-state index contributed by atoms with van der Waals surface area (Å²) in [6, 6.07) is 0. The maximum absolute atomic E-state index is 11.2. The minimum Gasteiger partial charge on any atom is -0.372 e. The molecule has 0 radical (unpaired) electrons. The third kappa shape index (κ3) is 2.66. The van der Waals surface area contributed by atoms with Gasteiger partial charge in [0.1, 0.15) is 0 Å². The second-order valence-corrected chi connectivity index (χ2v) is 5.90. The van der Waals surface area contributed by atoms with Gasteiger partial charge in [-0.05, 0) is 0 Å². The monoisotopic (exact) mass is 220 g/mol. The molecule has 2 aliphatic heterocycles. The molecule has 0 aromatic heterocycles. The molecule has 2 aliphatic rings. The van der Waals surface area contributed by atoms with Crippen molar-refractivity contribution in [2.75, 3.05) is 45.6 Å². The van der Waals surface area contributed by atoms with E-state index in [-0.39, 0.29) is 0 Å². The molecule has 0 aromatic carbocycles. The van der Waals surface area contributed by atoms with Crippen molar-refractivity contribution in [3.63, 3.8) is 0 Å². The van der Waals surface area contributed by atoms with Crippen LogP contribution < -0.4 is 0 Å². The number of epoxide rings is 1. The largest absolute Gasteiger partial charge is 0.372 e. The average molecular weight is 220 g/mol. The van der Waals surface area contributed by atoms with Gasteiger partial charge in [-0.3, -0.25) is 4.90 Å². The van der Waals surface area contributed by atoms with Gasteiger partial charge in [-0.25, -0.2) is 8.42 Å². The summed E-state index contributed by atoms with van der Waals surface area (Å²) in [4.78, 5) is 2.26. The van der Waals surface area contributed by atoms with E-state index in [1.165, 1.54) is 10.6 Å². The molecule has 2 rings (SSSR count). The fourth-order valence-corrected chi connectivity index (χ4v) is 2.53. The Labute approximate surface area is 84.7 Å². The van der Waals surface area contributed by atoms with Crippen LogP contribution in [0.2, 0.25) is 0 Å². The summed E-state index contributed by atoms with van der Waals surface area (Å²) >= 11 is 0. The van der Waals surface area contributed by atoms with E-state index >= 15 is 0 Å².